The van der Waals surface area contributed by atoms with Crippen molar-refractivity contribution in [3.63, 3.8) is 0 Å². The van der Waals surface area contributed by atoms with Crippen molar-refractivity contribution in [2.75, 3.05) is 26.2 Å². The molecule has 0 unspecified atom stereocenters. The van der Waals surface area contributed by atoms with Gasteiger partial charge in [0, 0.05) is 44.0 Å². The summed E-state index contributed by atoms with van der Waals surface area (Å²) >= 11 is 0. The van der Waals surface area contributed by atoms with Gasteiger partial charge in [0.05, 0.1) is 4.90 Å². The van der Waals surface area contributed by atoms with Crippen LogP contribution in [0.25, 0.3) is 10.8 Å². The van der Waals surface area contributed by atoms with Crippen LogP contribution in [0.4, 0.5) is 4.79 Å². The Morgan fingerprint density at radius 3 is 2.42 bits per heavy atom. The zero-order valence-corrected chi connectivity index (χ0v) is 16.0. The van der Waals surface area contributed by atoms with Gasteiger partial charge in [0.25, 0.3) is 0 Å². The van der Waals surface area contributed by atoms with Crippen molar-refractivity contribution in [1.29, 1.82) is 0 Å². The van der Waals surface area contributed by atoms with E-state index in [4.69, 9.17) is 4.74 Å². The third kappa shape index (κ3) is 3.96. The number of amides is 1. The van der Waals surface area contributed by atoms with E-state index in [9.17, 15) is 13.2 Å². The van der Waals surface area contributed by atoms with Crippen LogP contribution in [0.15, 0.2) is 41.6 Å². The van der Waals surface area contributed by atoms with Crippen molar-refractivity contribution in [3.05, 3.63) is 36.7 Å². The highest BCUT2D eigenvalue weighted by molar-refractivity contribution is 7.89. The quantitative estimate of drug-likeness (QED) is 0.803. The number of nitrogens with zero attached hydrogens (tertiary/aromatic N) is 3. The molecule has 2 aromatic rings. The lowest BCUT2D eigenvalue weighted by Gasteiger charge is -2.35. The molecule has 0 saturated carbocycles. The van der Waals surface area contributed by atoms with Gasteiger partial charge in [0.15, 0.2) is 0 Å². The Morgan fingerprint density at radius 2 is 1.77 bits per heavy atom. The molecule has 1 aromatic heterocycles. The van der Waals surface area contributed by atoms with E-state index < -0.39 is 21.7 Å². The monoisotopic (exact) mass is 377 g/mol. The summed E-state index contributed by atoms with van der Waals surface area (Å²) in [6.07, 6.45) is 2.93. The molecular formula is C18H23N3O4S. The third-order valence-corrected chi connectivity index (χ3v) is 6.03. The highest BCUT2D eigenvalue weighted by Gasteiger charge is 2.32. The van der Waals surface area contributed by atoms with E-state index in [1.54, 1.807) is 62.3 Å². The Hall–Kier alpha value is -2.19. The number of hydrogen-bond acceptors (Lipinski definition) is 5. The minimum atomic E-state index is -3.60. The van der Waals surface area contributed by atoms with E-state index in [1.807, 2.05) is 0 Å². The number of sulfonamides is 1. The first-order valence-corrected chi connectivity index (χ1v) is 9.93. The second-order valence-electron chi connectivity index (χ2n) is 7.26. The first-order chi connectivity index (χ1) is 12.2. The van der Waals surface area contributed by atoms with Gasteiger partial charge >= 0.3 is 6.09 Å². The van der Waals surface area contributed by atoms with Crippen LogP contribution in [0.2, 0.25) is 0 Å². The fourth-order valence-electron chi connectivity index (χ4n) is 2.81. The normalized spacial score (nSPS) is 16.7. The van der Waals surface area contributed by atoms with E-state index in [0.29, 0.717) is 13.1 Å². The summed E-state index contributed by atoms with van der Waals surface area (Å²) in [6.45, 7) is 6.53. The van der Waals surface area contributed by atoms with E-state index in [-0.39, 0.29) is 18.0 Å². The maximum Gasteiger partial charge on any atom is 0.410 e. The number of carbonyl (C=O) groups excluding carboxylic acids is 1. The molecular weight excluding hydrogens is 354 g/mol. The van der Waals surface area contributed by atoms with Crippen LogP contribution in [0.1, 0.15) is 20.8 Å². The number of hydrogen-bond donors (Lipinski definition) is 0. The van der Waals surface area contributed by atoms with Crippen molar-refractivity contribution >= 4 is 26.9 Å². The SMILES string of the molecule is CC(C)(C)OC(=O)N1CCN(S(=O)(=O)c2ccc3cnccc3c2)CC1. The molecule has 1 aromatic carbocycles. The second kappa shape index (κ2) is 6.85. The topological polar surface area (TPSA) is 79.8 Å². The van der Waals surface area contributed by atoms with Crippen LogP contribution in [0.3, 0.4) is 0 Å². The first kappa shape index (κ1) is 18.6. The summed E-state index contributed by atoms with van der Waals surface area (Å²) in [5.74, 6) is 0. The molecule has 3 rings (SSSR count). The predicted molar refractivity (Wildman–Crippen MR) is 98.3 cm³/mol. The summed E-state index contributed by atoms with van der Waals surface area (Å²) in [7, 11) is -3.60. The zero-order valence-electron chi connectivity index (χ0n) is 15.2. The number of fused-ring (bicyclic) bond motifs is 1. The molecule has 140 valence electrons. The van der Waals surface area contributed by atoms with Crippen LogP contribution in [0.5, 0.6) is 0 Å². The smallest absolute Gasteiger partial charge is 0.410 e. The van der Waals surface area contributed by atoms with Gasteiger partial charge in [-0.1, -0.05) is 6.07 Å². The standard InChI is InChI=1S/C18H23N3O4S/c1-18(2,3)25-17(22)20-8-10-21(11-9-20)26(23,24)16-5-4-15-13-19-7-6-14(15)12-16/h4-7,12-13H,8-11H2,1-3H3. The van der Waals surface area contributed by atoms with Crippen molar-refractivity contribution in [1.82, 2.24) is 14.2 Å². The van der Waals surface area contributed by atoms with Gasteiger partial charge < -0.3 is 9.64 Å². The second-order valence-corrected chi connectivity index (χ2v) is 9.19. The van der Waals surface area contributed by atoms with E-state index >= 15 is 0 Å². The molecule has 0 radical (unpaired) electrons. The van der Waals surface area contributed by atoms with Gasteiger partial charge in [-0.3, -0.25) is 4.98 Å². The highest BCUT2D eigenvalue weighted by Crippen LogP contribution is 2.22. The Morgan fingerprint density at radius 1 is 1.08 bits per heavy atom. The molecule has 7 nitrogen and oxygen atoms in total. The van der Waals surface area contributed by atoms with Crippen LogP contribution in [0, 0.1) is 0 Å². The van der Waals surface area contributed by atoms with Crippen LogP contribution >= 0.6 is 0 Å². The minimum absolute atomic E-state index is 0.246. The number of carbonyl (C=O) groups is 1. The molecule has 0 atom stereocenters. The largest absolute Gasteiger partial charge is 0.444 e. The number of rotatable bonds is 2. The Bertz CT molecular complexity index is 913. The number of pyridine rings is 1. The maximum absolute atomic E-state index is 12.9. The van der Waals surface area contributed by atoms with Gasteiger partial charge in [0.2, 0.25) is 10.0 Å². The highest BCUT2D eigenvalue weighted by atomic mass is 32.2. The summed E-state index contributed by atoms with van der Waals surface area (Å²) in [5, 5.41) is 1.72. The third-order valence-electron chi connectivity index (χ3n) is 4.14. The molecule has 1 saturated heterocycles. The Labute approximate surface area is 153 Å². The van der Waals surface area contributed by atoms with E-state index in [0.717, 1.165) is 10.8 Å². The van der Waals surface area contributed by atoms with Crippen LogP contribution in [-0.4, -0.2) is 60.5 Å². The summed E-state index contributed by atoms with van der Waals surface area (Å²) in [6, 6.07) is 6.80. The summed E-state index contributed by atoms with van der Waals surface area (Å²) < 4.78 is 32.6. The zero-order chi connectivity index (χ0) is 18.9. The predicted octanol–water partition coefficient (Wildman–Crippen LogP) is 2.48. The van der Waals surface area contributed by atoms with E-state index in [2.05, 4.69) is 4.98 Å². The lowest BCUT2D eigenvalue weighted by molar-refractivity contribution is 0.0192. The maximum atomic E-state index is 12.9. The molecule has 0 spiro atoms. The summed E-state index contributed by atoms with van der Waals surface area (Å²) in [4.78, 5) is 17.9. The lowest BCUT2D eigenvalue weighted by Crippen LogP contribution is -2.51. The minimum Gasteiger partial charge on any atom is -0.444 e. The van der Waals surface area contributed by atoms with Gasteiger partial charge in [-0.05, 0) is 44.4 Å². The van der Waals surface area contributed by atoms with Crippen LogP contribution in [-0.2, 0) is 14.8 Å². The molecule has 0 N–H and O–H groups in total. The molecule has 1 amide bonds. The van der Waals surface area contributed by atoms with Crippen LogP contribution < -0.4 is 0 Å². The van der Waals surface area contributed by atoms with Crippen molar-refractivity contribution in [2.24, 2.45) is 0 Å². The molecule has 1 aliphatic rings. The van der Waals surface area contributed by atoms with Gasteiger partial charge in [-0.25, -0.2) is 13.2 Å². The van der Waals surface area contributed by atoms with Gasteiger partial charge in [-0.15, -0.1) is 0 Å². The van der Waals surface area contributed by atoms with E-state index in [1.165, 1.54) is 4.31 Å². The molecule has 0 bridgehead atoms. The molecule has 8 heteroatoms. The first-order valence-electron chi connectivity index (χ1n) is 8.49. The Balaban J connectivity index is 1.72. The molecule has 2 heterocycles. The average molecular weight is 377 g/mol. The van der Waals surface area contributed by atoms with Crippen molar-refractivity contribution < 1.29 is 17.9 Å². The number of piperazine rings is 1. The Kier molecular flexibility index (Phi) is 4.90. The van der Waals surface area contributed by atoms with Crippen molar-refractivity contribution in [3.8, 4) is 0 Å². The molecule has 26 heavy (non-hydrogen) atoms. The van der Waals surface area contributed by atoms with Crippen molar-refractivity contribution in [2.45, 2.75) is 31.3 Å². The number of benzene rings is 1. The fourth-order valence-corrected chi connectivity index (χ4v) is 4.27. The molecule has 0 aliphatic carbocycles. The number of ether oxygens (including phenoxy) is 1. The number of aromatic nitrogens is 1. The fraction of sp³-hybridized carbons (Fsp3) is 0.444. The lowest BCUT2D eigenvalue weighted by atomic mass is 10.2. The summed E-state index contributed by atoms with van der Waals surface area (Å²) in [5.41, 5.74) is -0.569. The average Bonchev–Trinajstić information content (AvgIpc) is 2.60. The molecule has 1 aliphatic heterocycles. The van der Waals surface area contributed by atoms with Gasteiger partial charge in [0.1, 0.15) is 5.60 Å². The molecule has 1 fully saturated rings. The van der Waals surface area contributed by atoms with Gasteiger partial charge in [-0.2, -0.15) is 4.31 Å².